The van der Waals surface area contributed by atoms with Crippen molar-refractivity contribution in [2.45, 2.75) is 70.6 Å². The lowest BCUT2D eigenvalue weighted by Crippen LogP contribution is -2.41. The zero-order chi connectivity index (χ0) is 17.4. The molecule has 1 unspecified atom stereocenters. The van der Waals surface area contributed by atoms with E-state index < -0.39 is 0 Å². The van der Waals surface area contributed by atoms with E-state index in [0.29, 0.717) is 5.92 Å². The first-order valence-corrected chi connectivity index (χ1v) is 10.4. The number of fused-ring (bicyclic) bond motifs is 3. The van der Waals surface area contributed by atoms with E-state index in [-0.39, 0.29) is 11.4 Å². The molecule has 0 aromatic heterocycles. The summed E-state index contributed by atoms with van der Waals surface area (Å²) in [4.78, 5) is 0. The molecule has 0 spiro atoms. The fourth-order valence-electron chi connectivity index (χ4n) is 6.44. The maximum absolute atomic E-state index is 14.0. The van der Waals surface area contributed by atoms with Gasteiger partial charge in [-0.1, -0.05) is 25.8 Å². The fraction of sp³-hybridized carbons (Fsp3) is 0.696. The minimum absolute atomic E-state index is 0.172. The number of benzene rings is 1. The first-order chi connectivity index (χ1) is 12.2. The monoisotopic (exact) mass is 339 g/mol. The molecule has 134 valence electrons. The van der Waals surface area contributed by atoms with Gasteiger partial charge in [-0.25, -0.2) is 4.39 Å². The minimum atomic E-state index is -0.344. The van der Waals surface area contributed by atoms with Gasteiger partial charge in [0.2, 0.25) is 0 Å². The van der Waals surface area contributed by atoms with Crippen molar-refractivity contribution in [1.29, 1.82) is 5.26 Å². The molecule has 3 fully saturated rings. The Kier molecular flexibility index (Phi) is 4.85. The summed E-state index contributed by atoms with van der Waals surface area (Å²) in [5, 5.41) is 8.93. The van der Waals surface area contributed by atoms with Gasteiger partial charge in [-0.15, -0.1) is 0 Å². The van der Waals surface area contributed by atoms with Gasteiger partial charge in [0.05, 0.1) is 5.56 Å². The summed E-state index contributed by atoms with van der Waals surface area (Å²) in [5.41, 5.74) is 1.29. The Bertz CT molecular complexity index is 661. The van der Waals surface area contributed by atoms with Crippen LogP contribution in [0.5, 0.6) is 0 Å². The van der Waals surface area contributed by atoms with Gasteiger partial charge in [-0.05, 0) is 98.1 Å². The van der Waals surface area contributed by atoms with Crippen molar-refractivity contribution < 1.29 is 4.39 Å². The number of hydrogen-bond donors (Lipinski definition) is 0. The molecule has 6 atom stereocenters. The van der Waals surface area contributed by atoms with Gasteiger partial charge in [0.1, 0.15) is 11.9 Å². The van der Waals surface area contributed by atoms with Crippen LogP contribution in [-0.4, -0.2) is 0 Å². The standard InChI is InChI=1S/C23H30FN/c1-2-15-3-9-21-18(11-15)5-6-19-12-16(8-10-22(19)21)17-4-7-20(14-25)23(24)13-17/h4,7,13,15-16,18-19,21-22H,2-3,5-6,8-12H2,1H3/t15-,16?,18+,19-,21+,22-/m1/s1. The molecule has 0 amide bonds. The minimum Gasteiger partial charge on any atom is -0.206 e. The average Bonchev–Trinajstić information content (AvgIpc) is 2.66. The summed E-state index contributed by atoms with van der Waals surface area (Å²) in [6.45, 7) is 2.36. The van der Waals surface area contributed by atoms with Gasteiger partial charge >= 0.3 is 0 Å². The molecule has 2 heteroatoms. The third-order valence-corrected chi connectivity index (χ3v) is 7.81. The molecule has 0 bridgehead atoms. The molecule has 25 heavy (non-hydrogen) atoms. The van der Waals surface area contributed by atoms with Crippen LogP contribution in [0.25, 0.3) is 0 Å². The predicted octanol–water partition coefficient (Wildman–Crippen LogP) is 6.43. The third-order valence-electron chi connectivity index (χ3n) is 7.81. The van der Waals surface area contributed by atoms with E-state index in [1.165, 1.54) is 57.8 Å². The zero-order valence-electron chi connectivity index (χ0n) is 15.4. The number of nitrogens with zero attached hydrogens (tertiary/aromatic N) is 1. The zero-order valence-corrected chi connectivity index (χ0v) is 15.4. The van der Waals surface area contributed by atoms with E-state index in [1.54, 1.807) is 12.1 Å². The van der Waals surface area contributed by atoms with Crippen molar-refractivity contribution in [3.63, 3.8) is 0 Å². The second-order valence-electron chi connectivity index (χ2n) is 8.87. The lowest BCUT2D eigenvalue weighted by atomic mass is 9.55. The van der Waals surface area contributed by atoms with Crippen molar-refractivity contribution in [3.8, 4) is 6.07 Å². The van der Waals surface area contributed by atoms with Gasteiger partial charge in [0, 0.05) is 0 Å². The van der Waals surface area contributed by atoms with Crippen LogP contribution in [0.2, 0.25) is 0 Å². The van der Waals surface area contributed by atoms with Crippen molar-refractivity contribution in [1.82, 2.24) is 0 Å². The number of halogens is 1. The number of nitriles is 1. The van der Waals surface area contributed by atoms with Crippen molar-refractivity contribution in [3.05, 3.63) is 35.1 Å². The summed E-state index contributed by atoms with van der Waals surface area (Å²) < 4.78 is 14.0. The van der Waals surface area contributed by atoms with Crippen LogP contribution in [0.1, 0.15) is 81.8 Å². The Morgan fingerprint density at radius 2 is 1.72 bits per heavy atom. The summed E-state index contributed by atoms with van der Waals surface area (Å²) >= 11 is 0. The van der Waals surface area contributed by atoms with Gasteiger partial charge in [0.25, 0.3) is 0 Å². The summed E-state index contributed by atoms with van der Waals surface area (Å²) in [5.74, 6) is 4.86. The number of rotatable bonds is 2. The summed E-state index contributed by atoms with van der Waals surface area (Å²) in [7, 11) is 0. The smallest absolute Gasteiger partial charge is 0.141 e. The van der Waals surface area contributed by atoms with E-state index >= 15 is 0 Å². The fourth-order valence-corrected chi connectivity index (χ4v) is 6.44. The van der Waals surface area contributed by atoms with Gasteiger partial charge in [-0.2, -0.15) is 5.26 Å². The highest BCUT2D eigenvalue weighted by Crippen LogP contribution is 2.55. The van der Waals surface area contributed by atoms with Crippen LogP contribution < -0.4 is 0 Å². The Labute approximate surface area is 151 Å². The van der Waals surface area contributed by atoms with Gasteiger partial charge in [-0.3, -0.25) is 0 Å². The molecular formula is C23H30FN. The average molecular weight is 339 g/mol. The van der Waals surface area contributed by atoms with Crippen LogP contribution >= 0.6 is 0 Å². The molecule has 3 aliphatic rings. The van der Waals surface area contributed by atoms with Crippen molar-refractivity contribution in [2.24, 2.45) is 29.6 Å². The summed E-state index contributed by atoms with van der Waals surface area (Å²) in [6.07, 6.45) is 12.3. The molecule has 0 aliphatic heterocycles. The molecule has 0 saturated heterocycles. The van der Waals surface area contributed by atoms with Gasteiger partial charge in [0.15, 0.2) is 0 Å². The molecule has 0 N–H and O–H groups in total. The van der Waals surface area contributed by atoms with E-state index in [1.807, 2.05) is 12.1 Å². The first kappa shape index (κ1) is 17.1. The third kappa shape index (κ3) is 3.23. The highest BCUT2D eigenvalue weighted by atomic mass is 19.1. The first-order valence-electron chi connectivity index (χ1n) is 10.4. The molecule has 1 aromatic carbocycles. The van der Waals surface area contributed by atoms with Crippen molar-refractivity contribution >= 4 is 0 Å². The van der Waals surface area contributed by atoms with E-state index in [4.69, 9.17) is 5.26 Å². The maximum atomic E-state index is 14.0. The highest BCUT2D eigenvalue weighted by Gasteiger charge is 2.44. The van der Waals surface area contributed by atoms with Crippen LogP contribution in [-0.2, 0) is 0 Å². The van der Waals surface area contributed by atoms with E-state index in [2.05, 4.69) is 6.92 Å². The largest absolute Gasteiger partial charge is 0.206 e. The highest BCUT2D eigenvalue weighted by molar-refractivity contribution is 5.35. The Balaban J connectivity index is 1.45. The van der Waals surface area contributed by atoms with E-state index in [9.17, 15) is 4.39 Å². The maximum Gasteiger partial charge on any atom is 0.141 e. The van der Waals surface area contributed by atoms with E-state index in [0.717, 1.165) is 35.2 Å². The lowest BCUT2D eigenvalue weighted by Gasteiger charge is -2.51. The second kappa shape index (κ2) is 7.10. The van der Waals surface area contributed by atoms with Crippen LogP contribution in [0.4, 0.5) is 4.39 Å². The SMILES string of the molecule is CC[C@@H]1CC[C@H]2[C@@H](CC[C@@H]3CC(c4ccc(C#N)c(F)c4)CC[C@H]32)C1. The Morgan fingerprint density at radius 1 is 1.00 bits per heavy atom. The molecular weight excluding hydrogens is 309 g/mol. The predicted molar refractivity (Wildman–Crippen MR) is 98.5 cm³/mol. The molecule has 1 aromatic rings. The Morgan fingerprint density at radius 3 is 2.40 bits per heavy atom. The van der Waals surface area contributed by atoms with Gasteiger partial charge < -0.3 is 0 Å². The van der Waals surface area contributed by atoms with Crippen LogP contribution in [0.3, 0.4) is 0 Å². The summed E-state index contributed by atoms with van der Waals surface area (Å²) in [6, 6.07) is 7.22. The Hall–Kier alpha value is -1.36. The topological polar surface area (TPSA) is 23.8 Å². The van der Waals surface area contributed by atoms with Crippen LogP contribution in [0, 0.1) is 46.7 Å². The van der Waals surface area contributed by atoms with Crippen LogP contribution in [0.15, 0.2) is 18.2 Å². The second-order valence-corrected chi connectivity index (χ2v) is 8.87. The quantitative estimate of drug-likeness (QED) is 0.608. The molecule has 1 nitrogen and oxygen atoms in total. The molecule has 3 aliphatic carbocycles. The molecule has 0 radical (unpaired) electrons. The van der Waals surface area contributed by atoms with Crippen molar-refractivity contribution in [2.75, 3.05) is 0 Å². The number of hydrogen-bond acceptors (Lipinski definition) is 1. The molecule has 0 heterocycles. The molecule has 3 saturated carbocycles. The molecule has 4 rings (SSSR count). The normalized spacial score (nSPS) is 37.6. The lowest BCUT2D eigenvalue weighted by molar-refractivity contribution is 0.00618.